The zero-order valence-electron chi connectivity index (χ0n) is 9.16. The van der Waals surface area contributed by atoms with Crippen LogP contribution in [0.5, 0.6) is 11.5 Å². The second-order valence-corrected chi connectivity index (χ2v) is 3.18. The lowest BCUT2D eigenvalue weighted by Crippen LogP contribution is -2.01. The van der Waals surface area contributed by atoms with Crippen molar-refractivity contribution in [3.8, 4) is 11.5 Å². The van der Waals surface area contributed by atoms with Gasteiger partial charge in [-0.15, -0.1) is 0 Å². The normalized spacial score (nSPS) is 9.87. The smallest absolute Gasteiger partial charge is 0.352 e. The molecule has 0 atom stereocenters. The van der Waals surface area contributed by atoms with Gasteiger partial charge in [-0.25, -0.2) is 0 Å². The van der Waals surface area contributed by atoms with Crippen molar-refractivity contribution in [3.63, 3.8) is 0 Å². The third kappa shape index (κ3) is 1.86. The molecule has 0 heterocycles. The van der Waals surface area contributed by atoms with Crippen LogP contribution in [0.1, 0.15) is 11.1 Å². The Bertz CT molecular complexity index is 373. The number of aryl methyl sites for hydroxylation is 2. The summed E-state index contributed by atoms with van der Waals surface area (Å²) in [7, 11) is 2.81. The number of rotatable bonds is 3. The summed E-state index contributed by atoms with van der Waals surface area (Å²) in [6.45, 7) is 3.52. The molecular weight excluding hydrogens is 198 g/mol. The van der Waals surface area contributed by atoms with Crippen molar-refractivity contribution >= 4 is 5.69 Å². The van der Waals surface area contributed by atoms with Crippen LogP contribution < -0.4 is 9.47 Å². The minimum atomic E-state index is -0.488. The van der Waals surface area contributed by atoms with E-state index in [2.05, 4.69) is 0 Å². The van der Waals surface area contributed by atoms with Gasteiger partial charge in [-0.1, -0.05) is 0 Å². The number of ether oxygens (including phenoxy) is 2. The van der Waals surface area contributed by atoms with Gasteiger partial charge in [0.1, 0.15) is 0 Å². The highest BCUT2D eigenvalue weighted by molar-refractivity contribution is 5.64. The van der Waals surface area contributed by atoms with E-state index in [0.717, 1.165) is 11.1 Å². The maximum absolute atomic E-state index is 10.9. The number of hydrogen-bond acceptors (Lipinski definition) is 4. The zero-order valence-corrected chi connectivity index (χ0v) is 9.16. The van der Waals surface area contributed by atoms with Crippen molar-refractivity contribution < 1.29 is 14.4 Å². The molecule has 0 unspecified atom stereocenters. The fraction of sp³-hybridized carbons (Fsp3) is 0.400. The summed E-state index contributed by atoms with van der Waals surface area (Å²) in [5.41, 5.74) is 1.34. The molecule has 0 saturated heterocycles. The van der Waals surface area contributed by atoms with Crippen LogP contribution >= 0.6 is 0 Å². The van der Waals surface area contributed by atoms with Crippen molar-refractivity contribution in [2.45, 2.75) is 13.8 Å². The number of hydrogen-bond donors (Lipinski definition) is 0. The molecule has 82 valence electrons. The van der Waals surface area contributed by atoms with Crippen molar-refractivity contribution in [3.05, 3.63) is 27.3 Å². The molecule has 15 heavy (non-hydrogen) atoms. The Kier molecular flexibility index (Phi) is 3.14. The maximum atomic E-state index is 10.9. The topological polar surface area (TPSA) is 61.6 Å². The van der Waals surface area contributed by atoms with Gasteiger partial charge in [-0.05, 0) is 31.0 Å². The van der Waals surface area contributed by atoms with Crippen LogP contribution in [0.4, 0.5) is 5.69 Å². The molecule has 0 N–H and O–H groups in total. The zero-order chi connectivity index (χ0) is 11.6. The number of nitro groups is 1. The average Bonchev–Trinajstić information content (AvgIpc) is 2.16. The van der Waals surface area contributed by atoms with Gasteiger partial charge in [-0.3, -0.25) is 10.1 Å². The predicted octanol–water partition coefficient (Wildman–Crippen LogP) is 2.23. The number of methoxy groups -OCH3 is 2. The Morgan fingerprint density at radius 3 is 1.80 bits per heavy atom. The molecule has 1 aromatic carbocycles. The first-order valence-corrected chi connectivity index (χ1v) is 4.39. The van der Waals surface area contributed by atoms with E-state index in [1.54, 1.807) is 19.9 Å². The monoisotopic (exact) mass is 211 g/mol. The van der Waals surface area contributed by atoms with Gasteiger partial charge >= 0.3 is 5.69 Å². The van der Waals surface area contributed by atoms with Crippen LogP contribution in [0, 0.1) is 24.0 Å². The van der Waals surface area contributed by atoms with Crippen molar-refractivity contribution in [1.29, 1.82) is 0 Å². The van der Waals surface area contributed by atoms with Crippen LogP contribution in [-0.4, -0.2) is 19.1 Å². The molecule has 0 amide bonds. The number of benzene rings is 1. The quantitative estimate of drug-likeness (QED) is 0.568. The lowest BCUT2D eigenvalue weighted by Gasteiger charge is -2.11. The molecule has 1 rings (SSSR count). The van der Waals surface area contributed by atoms with E-state index in [9.17, 15) is 10.1 Å². The van der Waals surface area contributed by atoms with Crippen LogP contribution in [0.15, 0.2) is 6.07 Å². The van der Waals surface area contributed by atoms with E-state index in [-0.39, 0.29) is 17.2 Å². The van der Waals surface area contributed by atoms with Gasteiger partial charge in [0.2, 0.25) is 11.5 Å². The lowest BCUT2D eigenvalue weighted by atomic mass is 10.1. The van der Waals surface area contributed by atoms with Crippen molar-refractivity contribution in [2.75, 3.05) is 14.2 Å². The van der Waals surface area contributed by atoms with E-state index in [4.69, 9.17) is 9.47 Å². The second-order valence-electron chi connectivity index (χ2n) is 3.18. The van der Waals surface area contributed by atoms with E-state index in [1.165, 1.54) is 14.2 Å². The van der Waals surface area contributed by atoms with Crippen molar-refractivity contribution in [1.82, 2.24) is 0 Å². The molecule has 0 aliphatic heterocycles. The molecular formula is C10H13NO4. The van der Waals surface area contributed by atoms with Gasteiger partial charge in [0.15, 0.2) is 0 Å². The summed E-state index contributed by atoms with van der Waals surface area (Å²) in [6.07, 6.45) is 0. The van der Waals surface area contributed by atoms with E-state index >= 15 is 0 Å². The predicted molar refractivity (Wildman–Crippen MR) is 55.7 cm³/mol. The first-order valence-electron chi connectivity index (χ1n) is 4.39. The summed E-state index contributed by atoms with van der Waals surface area (Å²) in [6, 6.07) is 1.80. The van der Waals surface area contributed by atoms with Crippen LogP contribution in [0.2, 0.25) is 0 Å². The highest BCUT2D eigenvalue weighted by Gasteiger charge is 2.25. The van der Waals surface area contributed by atoms with Gasteiger partial charge in [0.25, 0.3) is 0 Å². The summed E-state index contributed by atoms with van der Waals surface area (Å²) < 4.78 is 10.0. The summed E-state index contributed by atoms with van der Waals surface area (Å²) in [5.74, 6) is 0.505. The number of nitro benzene ring substituents is 1. The van der Waals surface area contributed by atoms with Crippen LogP contribution in [0.25, 0.3) is 0 Å². The molecule has 5 heteroatoms. The van der Waals surface area contributed by atoms with Gasteiger partial charge in [-0.2, -0.15) is 0 Å². The minimum Gasteiger partial charge on any atom is -0.490 e. The number of nitrogens with zero attached hydrogens (tertiary/aromatic N) is 1. The largest absolute Gasteiger partial charge is 0.490 e. The highest BCUT2D eigenvalue weighted by Crippen LogP contribution is 2.41. The Balaban J connectivity index is 3.58. The molecule has 0 radical (unpaired) electrons. The second kappa shape index (κ2) is 4.16. The first-order chi connectivity index (χ1) is 7.02. The average molecular weight is 211 g/mol. The molecule has 0 aromatic heterocycles. The summed E-state index contributed by atoms with van der Waals surface area (Å²) >= 11 is 0. The molecule has 0 aliphatic rings. The molecule has 0 saturated carbocycles. The molecule has 5 nitrogen and oxygen atoms in total. The standard InChI is InChI=1S/C10H13NO4/c1-6-5-7(2)10(15-4)8(11(12)13)9(6)14-3/h5H,1-4H3. The third-order valence-electron chi connectivity index (χ3n) is 2.17. The highest BCUT2D eigenvalue weighted by atomic mass is 16.6. The molecule has 0 spiro atoms. The molecule has 0 fully saturated rings. The SMILES string of the molecule is COc1c(C)cc(C)c(OC)c1[N+](=O)[O-]. The maximum Gasteiger partial charge on any atom is 0.352 e. The molecule has 0 bridgehead atoms. The van der Waals surface area contributed by atoms with Crippen LogP contribution in [0.3, 0.4) is 0 Å². The molecule has 1 aromatic rings. The van der Waals surface area contributed by atoms with Gasteiger partial charge in [0.05, 0.1) is 19.1 Å². The summed E-state index contributed by atoms with van der Waals surface area (Å²) in [4.78, 5) is 10.4. The molecule has 0 aliphatic carbocycles. The third-order valence-corrected chi connectivity index (χ3v) is 2.17. The summed E-state index contributed by atoms with van der Waals surface area (Å²) in [5, 5.41) is 10.9. The van der Waals surface area contributed by atoms with Gasteiger partial charge < -0.3 is 9.47 Å². The fourth-order valence-electron chi connectivity index (χ4n) is 1.61. The Hall–Kier alpha value is -1.78. The van der Waals surface area contributed by atoms with E-state index in [0.29, 0.717) is 0 Å². The fourth-order valence-corrected chi connectivity index (χ4v) is 1.61. The van der Waals surface area contributed by atoms with Crippen molar-refractivity contribution in [2.24, 2.45) is 0 Å². The Morgan fingerprint density at radius 1 is 1.13 bits per heavy atom. The van der Waals surface area contributed by atoms with E-state index < -0.39 is 4.92 Å². The van der Waals surface area contributed by atoms with Crippen LogP contribution in [-0.2, 0) is 0 Å². The van der Waals surface area contributed by atoms with Gasteiger partial charge in [0, 0.05) is 0 Å². The minimum absolute atomic E-state index is 0.113. The van der Waals surface area contributed by atoms with E-state index in [1.807, 2.05) is 0 Å². The Labute approximate surface area is 87.8 Å². The Morgan fingerprint density at radius 2 is 1.53 bits per heavy atom. The lowest BCUT2D eigenvalue weighted by molar-refractivity contribution is -0.386. The first kappa shape index (κ1) is 11.3.